The van der Waals surface area contributed by atoms with Gasteiger partial charge in [0.1, 0.15) is 0 Å². The molecule has 0 aromatic carbocycles. The quantitative estimate of drug-likeness (QED) is 0.364. The van der Waals surface area contributed by atoms with Crippen LogP contribution in [0.25, 0.3) is 0 Å². The number of halogens is 1. The molecule has 0 fully saturated rings. The number of hydrogen-bond acceptors (Lipinski definition) is 1. The monoisotopic (exact) mass is 264 g/mol. The van der Waals surface area contributed by atoms with Gasteiger partial charge < -0.3 is 22.6 Å². The summed E-state index contributed by atoms with van der Waals surface area (Å²) in [4.78, 5) is 3.22. The minimum absolute atomic E-state index is 1.70. The maximum absolute atomic E-state index is 8.06. The van der Waals surface area contributed by atoms with E-state index in [1.165, 1.54) is 0 Å². The Kier molecular flexibility index (Phi) is 63.6. The van der Waals surface area contributed by atoms with Crippen molar-refractivity contribution in [3.8, 4) is 0 Å². The molecule has 0 atom stereocenters. The summed E-state index contributed by atoms with van der Waals surface area (Å²) in [5, 5.41) is 0. The van der Waals surface area contributed by atoms with E-state index in [0.29, 0.717) is 0 Å². The van der Waals surface area contributed by atoms with Crippen molar-refractivity contribution in [3.05, 3.63) is 4.93 Å². The van der Waals surface area contributed by atoms with E-state index in [4.69, 9.17) is 3.25 Å². The van der Waals surface area contributed by atoms with Crippen LogP contribution >= 0.6 is 22.6 Å². The van der Waals surface area contributed by atoms with Crippen LogP contribution in [-0.2, 0) is 24.3 Å². The molecule has 0 rings (SSSR count). The predicted molar refractivity (Wildman–Crippen MR) is 20.1 cm³/mol. The summed E-state index contributed by atoms with van der Waals surface area (Å²) >= 11 is 3.60. The Morgan fingerprint density at radius 1 is 1.50 bits per heavy atom. The third-order valence-electron chi connectivity index (χ3n) is 0. The second kappa shape index (κ2) is 28.3. The van der Waals surface area contributed by atoms with E-state index < -0.39 is 0 Å². The molecule has 4 heavy (non-hydrogen) atoms. The van der Waals surface area contributed by atoms with E-state index in [2.05, 4.69) is 4.93 Å². The number of hydrogen-bond donors (Lipinski definition) is 0. The molecule has 0 saturated heterocycles. The third kappa shape index (κ3) is 10.4. The molecule has 0 N–H and O–H groups in total. The van der Waals surface area contributed by atoms with Gasteiger partial charge in [-0.15, -0.1) is 0 Å². The molecule has 0 spiro atoms. The van der Waals surface area contributed by atoms with E-state index in [-0.39, 0.29) is 0 Å². The minimum atomic E-state index is 1.70. The second-order valence-corrected chi connectivity index (χ2v) is 0. The average molecular weight is 265 g/mol. The second-order valence-electron chi connectivity index (χ2n) is 0. The molecule has 0 aromatic heterocycles. The van der Waals surface area contributed by atoms with Crippen LogP contribution in [0, 0.1) is 4.93 Å². The molecule has 1 nitrogen and oxygen atoms in total. The van der Waals surface area contributed by atoms with Crippen molar-refractivity contribution in [3.63, 3.8) is 0 Å². The summed E-state index contributed by atoms with van der Waals surface area (Å²) in [7, 11) is 0. The zero-order valence-corrected chi connectivity index (χ0v) is 5.43. The maximum atomic E-state index is 8.06. The standard InChI is InChI=1S/CH2I.Ag.O/c1-2;;/h1H2;;/q-1;;. The molecule has 0 radical (unpaired) electrons. The van der Waals surface area contributed by atoms with Gasteiger partial charge in [-0.25, -0.2) is 0 Å². The Hall–Kier alpha value is 1.27. The fourth-order valence-corrected chi connectivity index (χ4v) is 0. The molecule has 0 aliphatic carbocycles. The Bertz CT molecular complexity index is 8.00. The topological polar surface area (TPSA) is 17.1 Å². The normalized spacial score (nSPS) is 3.00. The van der Waals surface area contributed by atoms with Gasteiger partial charge in [0, 0.05) is 0 Å². The first-order valence-corrected chi connectivity index (χ1v) is 2.52. The van der Waals surface area contributed by atoms with E-state index in [0.717, 1.165) is 0 Å². The van der Waals surface area contributed by atoms with Gasteiger partial charge in [0.2, 0.25) is 0 Å². The Balaban J connectivity index is 0. The van der Waals surface area contributed by atoms with Gasteiger partial charge in [-0.05, 0) is 0 Å². The average Bonchev–Trinajstić information content (AvgIpc) is 1.50. The summed E-state index contributed by atoms with van der Waals surface area (Å²) in [5.74, 6) is 0. The van der Waals surface area contributed by atoms with Gasteiger partial charge in [0.05, 0.1) is 0 Å². The molecule has 0 heterocycles. The first kappa shape index (κ1) is 8.99. The van der Waals surface area contributed by atoms with E-state index in [1.54, 1.807) is 21.0 Å². The van der Waals surface area contributed by atoms with Gasteiger partial charge in [-0.3, -0.25) is 4.93 Å². The Morgan fingerprint density at radius 2 is 1.50 bits per heavy atom. The fourth-order valence-electron chi connectivity index (χ4n) is 0. The number of rotatable bonds is 0. The summed E-state index contributed by atoms with van der Waals surface area (Å²) in [5.41, 5.74) is 0. The predicted octanol–water partition coefficient (Wildman–Crippen LogP) is 1.09. The van der Waals surface area contributed by atoms with Crippen LogP contribution in [-0.4, -0.2) is 0 Å². The van der Waals surface area contributed by atoms with Crippen molar-refractivity contribution >= 4 is 22.6 Å². The molecule has 0 aliphatic heterocycles. The van der Waals surface area contributed by atoms with Gasteiger partial charge in [0.15, 0.2) is 0 Å². The van der Waals surface area contributed by atoms with Crippen molar-refractivity contribution < 1.29 is 24.3 Å². The van der Waals surface area contributed by atoms with Crippen molar-refractivity contribution in [1.82, 2.24) is 0 Å². The molecule has 3 heteroatoms. The molecule has 0 unspecified atom stereocenters. The van der Waals surface area contributed by atoms with Crippen LogP contribution in [0.15, 0.2) is 0 Å². The van der Waals surface area contributed by atoms with Crippen LogP contribution in [0.5, 0.6) is 0 Å². The molecule has 31 valence electrons. The SMILES string of the molecule is [CH2-]I.[O]=[Ag]. The Labute approximate surface area is 51.6 Å². The zero-order chi connectivity index (χ0) is 4.00. The van der Waals surface area contributed by atoms with Crippen molar-refractivity contribution in [2.24, 2.45) is 0 Å². The van der Waals surface area contributed by atoms with Gasteiger partial charge in [-0.2, -0.15) is 0 Å². The summed E-state index contributed by atoms with van der Waals surface area (Å²) in [6.45, 7) is 0. The molecule has 0 aromatic rings. The van der Waals surface area contributed by atoms with Crippen molar-refractivity contribution in [2.45, 2.75) is 0 Å². The van der Waals surface area contributed by atoms with Gasteiger partial charge in [0.25, 0.3) is 0 Å². The molecule has 0 aliphatic rings. The van der Waals surface area contributed by atoms with Crippen molar-refractivity contribution in [2.75, 3.05) is 0 Å². The molecular formula is CH2AgIO-. The molecule has 0 bridgehead atoms. The molecular weight excluding hydrogens is 263 g/mol. The molecule has 0 saturated carbocycles. The first-order chi connectivity index (χ1) is 2.00. The first-order valence-electron chi connectivity index (χ1n) is 0.390. The van der Waals surface area contributed by atoms with E-state index in [9.17, 15) is 0 Å². The van der Waals surface area contributed by atoms with Crippen LogP contribution in [0.2, 0.25) is 0 Å². The van der Waals surface area contributed by atoms with Crippen LogP contribution in [0.3, 0.4) is 0 Å². The van der Waals surface area contributed by atoms with Crippen LogP contribution in [0.4, 0.5) is 0 Å². The fraction of sp³-hybridized carbons (Fsp3) is 0. The zero-order valence-electron chi connectivity index (χ0n) is 1.79. The summed E-state index contributed by atoms with van der Waals surface area (Å²) in [6.07, 6.45) is 0. The van der Waals surface area contributed by atoms with Gasteiger partial charge in [-0.1, -0.05) is 0 Å². The van der Waals surface area contributed by atoms with Gasteiger partial charge >= 0.3 is 24.3 Å². The summed E-state index contributed by atoms with van der Waals surface area (Å²) < 4.78 is 8.06. The van der Waals surface area contributed by atoms with E-state index in [1.807, 2.05) is 22.6 Å². The summed E-state index contributed by atoms with van der Waals surface area (Å²) in [6, 6.07) is 0. The van der Waals surface area contributed by atoms with Crippen LogP contribution < -0.4 is 0 Å². The van der Waals surface area contributed by atoms with Crippen LogP contribution in [0.1, 0.15) is 0 Å². The molecule has 0 amide bonds. The Morgan fingerprint density at radius 3 is 1.50 bits per heavy atom. The van der Waals surface area contributed by atoms with Crippen molar-refractivity contribution in [1.29, 1.82) is 0 Å². The van der Waals surface area contributed by atoms with E-state index >= 15 is 0 Å². The third-order valence-corrected chi connectivity index (χ3v) is 0.